The molecule has 1 unspecified atom stereocenters. The standard InChI is InChI=1S/C12H20N4/c1-2-5-10(4-1)8-13-11-6-3-7-16-12(11)14-9-15-16/h9-11,13H,1-8H2. The first-order valence-electron chi connectivity index (χ1n) is 6.54. The molecule has 0 bridgehead atoms. The van der Waals surface area contributed by atoms with Crippen molar-refractivity contribution in [2.45, 2.75) is 51.1 Å². The Hall–Kier alpha value is -0.900. The molecule has 1 aliphatic carbocycles. The van der Waals surface area contributed by atoms with Gasteiger partial charge in [0.05, 0.1) is 6.04 Å². The third kappa shape index (κ3) is 1.98. The Morgan fingerprint density at radius 3 is 3.00 bits per heavy atom. The fourth-order valence-electron chi connectivity index (χ4n) is 3.01. The molecular weight excluding hydrogens is 200 g/mol. The Bertz CT molecular complexity index is 341. The molecule has 1 aliphatic heterocycles. The molecule has 0 spiro atoms. The Morgan fingerprint density at radius 2 is 2.12 bits per heavy atom. The van der Waals surface area contributed by atoms with Crippen LogP contribution in [0, 0.1) is 5.92 Å². The fourth-order valence-corrected chi connectivity index (χ4v) is 3.01. The topological polar surface area (TPSA) is 42.7 Å². The second kappa shape index (κ2) is 4.53. The zero-order valence-electron chi connectivity index (χ0n) is 9.73. The number of hydrogen-bond acceptors (Lipinski definition) is 3. The third-order valence-electron chi connectivity index (χ3n) is 3.95. The maximum absolute atomic E-state index is 4.37. The molecule has 3 rings (SSSR count). The number of aromatic nitrogens is 3. The smallest absolute Gasteiger partial charge is 0.143 e. The van der Waals surface area contributed by atoms with E-state index in [-0.39, 0.29) is 0 Å². The summed E-state index contributed by atoms with van der Waals surface area (Å²) in [4.78, 5) is 4.37. The highest BCUT2D eigenvalue weighted by Gasteiger charge is 2.23. The molecule has 0 saturated heterocycles. The Kier molecular flexibility index (Phi) is 2.91. The van der Waals surface area contributed by atoms with Crippen LogP contribution in [-0.4, -0.2) is 21.3 Å². The van der Waals surface area contributed by atoms with E-state index in [1.807, 2.05) is 0 Å². The van der Waals surface area contributed by atoms with Crippen LogP contribution in [0.3, 0.4) is 0 Å². The van der Waals surface area contributed by atoms with Gasteiger partial charge in [-0.2, -0.15) is 5.10 Å². The van der Waals surface area contributed by atoms with Gasteiger partial charge in [0.25, 0.3) is 0 Å². The summed E-state index contributed by atoms with van der Waals surface area (Å²) in [6.45, 7) is 2.20. The normalized spacial score (nSPS) is 25.9. The predicted molar refractivity (Wildman–Crippen MR) is 62.0 cm³/mol. The monoisotopic (exact) mass is 220 g/mol. The molecule has 16 heavy (non-hydrogen) atoms. The summed E-state index contributed by atoms with van der Waals surface area (Å²) in [6, 6.07) is 0.442. The van der Waals surface area contributed by atoms with Crippen LogP contribution in [0.4, 0.5) is 0 Å². The summed E-state index contributed by atoms with van der Waals surface area (Å²) in [5, 5.41) is 7.93. The average molecular weight is 220 g/mol. The van der Waals surface area contributed by atoms with E-state index in [4.69, 9.17) is 0 Å². The second-order valence-corrected chi connectivity index (χ2v) is 5.09. The van der Waals surface area contributed by atoms with Gasteiger partial charge in [-0.15, -0.1) is 0 Å². The molecule has 2 aliphatic rings. The summed E-state index contributed by atoms with van der Waals surface area (Å²) in [7, 11) is 0. The zero-order chi connectivity index (χ0) is 10.8. The van der Waals surface area contributed by atoms with Crippen LogP contribution in [-0.2, 0) is 6.54 Å². The lowest BCUT2D eigenvalue weighted by Crippen LogP contribution is -2.31. The van der Waals surface area contributed by atoms with Gasteiger partial charge >= 0.3 is 0 Å². The van der Waals surface area contributed by atoms with Gasteiger partial charge in [-0.05, 0) is 38.1 Å². The molecule has 1 aromatic rings. The lowest BCUT2D eigenvalue weighted by Gasteiger charge is -2.24. The number of fused-ring (bicyclic) bond motifs is 1. The first kappa shape index (κ1) is 10.3. The van der Waals surface area contributed by atoms with Crippen LogP contribution < -0.4 is 5.32 Å². The van der Waals surface area contributed by atoms with Gasteiger partial charge in [-0.3, -0.25) is 0 Å². The highest BCUT2D eigenvalue weighted by atomic mass is 15.3. The Morgan fingerprint density at radius 1 is 1.25 bits per heavy atom. The van der Waals surface area contributed by atoms with E-state index in [0.29, 0.717) is 6.04 Å². The van der Waals surface area contributed by atoms with Crippen molar-refractivity contribution in [3.63, 3.8) is 0 Å². The first-order valence-corrected chi connectivity index (χ1v) is 6.54. The minimum Gasteiger partial charge on any atom is -0.307 e. The van der Waals surface area contributed by atoms with Crippen molar-refractivity contribution in [1.82, 2.24) is 20.1 Å². The maximum Gasteiger partial charge on any atom is 0.143 e. The summed E-state index contributed by atoms with van der Waals surface area (Å²) in [6.07, 6.45) is 9.79. The molecular formula is C12H20N4. The predicted octanol–water partition coefficient (Wildman–Crippen LogP) is 1.89. The van der Waals surface area contributed by atoms with E-state index < -0.39 is 0 Å². The molecule has 1 aromatic heterocycles. The van der Waals surface area contributed by atoms with E-state index >= 15 is 0 Å². The summed E-state index contributed by atoms with van der Waals surface area (Å²) in [5.74, 6) is 2.04. The first-order chi connectivity index (χ1) is 7.93. The molecule has 0 aromatic carbocycles. The number of nitrogens with zero attached hydrogens (tertiary/aromatic N) is 3. The van der Waals surface area contributed by atoms with Gasteiger partial charge in [-0.1, -0.05) is 12.8 Å². The third-order valence-corrected chi connectivity index (χ3v) is 3.95. The largest absolute Gasteiger partial charge is 0.307 e. The van der Waals surface area contributed by atoms with E-state index in [2.05, 4.69) is 20.1 Å². The molecule has 0 amide bonds. The minimum absolute atomic E-state index is 0.442. The van der Waals surface area contributed by atoms with Crippen LogP contribution in [0.25, 0.3) is 0 Å². The van der Waals surface area contributed by atoms with Gasteiger partial charge < -0.3 is 5.32 Å². The van der Waals surface area contributed by atoms with Crippen LogP contribution in [0.2, 0.25) is 0 Å². The van der Waals surface area contributed by atoms with Gasteiger partial charge in [0.15, 0.2) is 0 Å². The number of nitrogens with one attached hydrogen (secondary N) is 1. The van der Waals surface area contributed by atoms with Gasteiger partial charge in [0.2, 0.25) is 0 Å². The van der Waals surface area contributed by atoms with E-state index in [9.17, 15) is 0 Å². The minimum atomic E-state index is 0.442. The lowest BCUT2D eigenvalue weighted by atomic mass is 10.0. The number of aryl methyl sites for hydroxylation is 1. The van der Waals surface area contributed by atoms with E-state index in [1.165, 1.54) is 38.5 Å². The average Bonchev–Trinajstić information content (AvgIpc) is 2.97. The van der Waals surface area contributed by atoms with Gasteiger partial charge in [0, 0.05) is 6.54 Å². The maximum atomic E-state index is 4.37. The molecule has 0 radical (unpaired) electrons. The van der Waals surface area contributed by atoms with Crippen molar-refractivity contribution >= 4 is 0 Å². The Labute approximate surface area is 96.4 Å². The summed E-state index contributed by atoms with van der Waals surface area (Å²) in [5.41, 5.74) is 0. The van der Waals surface area contributed by atoms with Crippen molar-refractivity contribution in [3.05, 3.63) is 12.2 Å². The zero-order valence-corrected chi connectivity index (χ0v) is 9.73. The molecule has 4 heteroatoms. The molecule has 4 nitrogen and oxygen atoms in total. The molecule has 88 valence electrons. The van der Waals surface area contributed by atoms with Crippen molar-refractivity contribution in [3.8, 4) is 0 Å². The van der Waals surface area contributed by atoms with Crippen LogP contribution >= 0.6 is 0 Å². The summed E-state index contributed by atoms with van der Waals surface area (Å²) >= 11 is 0. The molecule has 1 fully saturated rings. The van der Waals surface area contributed by atoms with Crippen molar-refractivity contribution in [2.75, 3.05) is 6.54 Å². The SMILES string of the molecule is c1nc2n(n1)CCCC2NCC1CCCC1. The molecule has 1 saturated carbocycles. The van der Waals surface area contributed by atoms with E-state index in [1.54, 1.807) is 6.33 Å². The van der Waals surface area contributed by atoms with E-state index in [0.717, 1.165) is 24.8 Å². The molecule has 1 atom stereocenters. The van der Waals surface area contributed by atoms with Crippen LogP contribution in [0.1, 0.15) is 50.4 Å². The van der Waals surface area contributed by atoms with Gasteiger partial charge in [-0.25, -0.2) is 9.67 Å². The quantitative estimate of drug-likeness (QED) is 0.846. The van der Waals surface area contributed by atoms with Crippen LogP contribution in [0.15, 0.2) is 6.33 Å². The summed E-state index contributed by atoms with van der Waals surface area (Å²) < 4.78 is 2.05. The fraction of sp³-hybridized carbons (Fsp3) is 0.833. The van der Waals surface area contributed by atoms with Gasteiger partial charge in [0.1, 0.15) is 12.2 Å². The Balaban J connectivity index is 1.59. The lowest BCUT2D eigenvalue weighted by molar-refractivity contribution is 0.345. The molecule has 1 N–H and O–H groups in total. The van der Waals surface area contributed by atoms with Crippen molar-refractivity contribution < 1.29 is 0 Å². The second-order valence-electron chi connectivity index (χ2n) is 5.09. The molecule has 2 heterocycles. The van der Waals surface area contributed by atoms with Crippen LogP contribution in [0.5, 0.6) is 0 Å². The highest BCUT2D eigenvalue weighted by Crippen LogP contribution is 2.26. The highest BCUT2D eigenvalue weighted by molar-refractivity contribution is 4.97. The number of hydrogen-bond donors (Lipinski definition) is 1. The van der Waals surface area contributed by atoms with Crippen molar-refractivity contribution in [2.24, 2.45) is 5.92 Å². The van der Waals surface area contributed by atoms with Crippen molar-refractivity contribution in [1.29, 1.82) is 0 Å². The number of rotatable bonds is 3.